The fourth-order valence-electron chi connectivity index (χ4n) is 6.05. The Bertz CT molecular complexity index is 1260. The lowest BCUT2D eigenvalue weighted by atomic mass is 10.0. The Kier molecular flexibility index (Phi) is 38.7. The maximum Gasteiger partial charge on any atom is 0.472 e. The average molecular weight is 887 g/mol. The van der Waals surface area contributed by atoms with Gasteiger partial charge in [0, 0.05) is 12.8 Å². The number of carbonyl (C=O) groups excluding carboxylic acids is 2. The molecule has 0 aliphatic carbocycles. The number of aliphatic hydroxyl groups excluding tert-OH is 5. The minimum absolute atomic E-state index is 0.0623. The van der Waals surface area contributed by atoms with Crippen molar-refractivity contribution < 1.29 is 63.1 Å². The third-order valence-electron chi connectivity index (χ3n) is 9.71. The summed E-state index contributed by atoms with van der Waals surface area (Å²) in [6.07, 6.45) is 32.7. The SMILES string of the molecule is CC/C=C\C[C@H](O)/C=C/C=C/C=C\C=C/[C@@H](O)[C@H](O)CCCC(=O)O[C@H](COC(=O)CCCCCCCCCCCCCCCCCC(C)C)COP(=O)(O)OC[C@@H](O)CO. The molecule has 61 heavy (non-hydrogen) atoms. The number of carbonyl (C=O) groups is 2. The Morgan fingerprint density at radius 2 is 1.11 bits per heavy atom. The molecule has 0 heterocycles. The maximum atomic E-state index is 12.7. The van der Waals surface area contributed by atoms with Gasteiger partial charge >= 0.3 is 19.8 Å². The lowest BCUT2D eigenvalue weighted by Crippen LogP contribution is -2.30. The van der Waals surface area contributed by atoms with Crippen LogP contribution in [0, 0.1) is 5.92 Å². The van der Waals surface area contributed by atoms with Crippen molar-refractivity contribution in [2.75, 3.05) is 26.4 Å². The molecular weight excluding hydrogens is 803 g/mol. The van der Waals surface area contributed by atoms with Gasteiger partial charge in [0.15, 0.2) is 6.10 Å². The van der Waals surface area contributed by atoms with Crippen molar-refractivity contribution in [2.45, 2.75) is 193 Å². The highest BCUT2D eigenvalue weighted by Gasteiger charge is 2.27. The standard InChI is InChI=1S/C47H83O13P/c1-4-5-23-30-41(49)31-25-20-17-18-21-26-32-44(51)45(52)33-28-35-47(54)60-43(39-59-61(55,56)58-37-42(50)36-48)38-57-46(53)34-27-22-16-14-12-10-8-6-7-9-11-13-15-19-24-29-40(2)3/h5,17-18,20-21,23,25-26,31-32,40-45,48-52H,4,6-16,19,22,24,27-30,33-39H2,1-3H3,(H,55,56)/b20-17+,21-18-,23-5-,31-25+,32-26-/t41-,42-,43+,44+,45+/m0/s1. The van der Waals surface area contributed by atoms with Gasteiger partial charge in [0.25, 0.3) is 0 Å². The van der Waals surface area contributed by atoms with Gasteiger partial charge in [-0.2, -0.15) is 0 Å². The summed E-state index contributed by atoms with van der Waals surface area (Å²) in [6.45, 7) is 4.13. The van der Waals surface area contributed by atoms with Gasteiger partial charge in [-0.3, -0.25) is 18.6 Å². The normalized spacial score (nSPS) is 16.0. The highest BCUT2D eigenvalue weighted by Crippen LogP contribution is 2.43. The lowest BCUT2D eigenvalue weighted by molar-refractivity contribution is -0.161. The van der Waals surface area contributed by atoms with Crippen LogP contribution in [0.2, 0.25) is 0 Å². The van der Waals surface area contributed by atoms with Crippen molar-refractivity contribution in [3.63, 3.8) is 0 Å². The molecule has 0 radical (unpaired) electrons. The Morgan fingerprint density at radius 3 is 1.67 bits per heavy atom. The minimum Gasteiger partial charge on any atom is -0.462 e. The van der Waals surface area contributed by atoms with Crippen LogP contribution in [0.5, 0.6) is 0 Å². The molecule has 0 aliphatic rings. The average Bonchev–Trinajstić information content (AvgIpc) is 3.22. The summed E-state index contributed by atoms with van der Waals surface area (Å²) < 4.78 is 32.5. The highest BCUT2D eigenvalue weighted by molar-refractivity contribution is 7.47. The zero-order valence-corrected chi connectivity index (χ0v) is 38.5. The van der Waals surface area contributed by atoms with Crippen LogP contribution in [0.25, 0.3) is 0 Å². The molecule has 1 unspecified atom stereocenters. The van der Waals surface area contributed by atoms with E-state index < -0.39 is 76.7 Å². The molecule has 0 bridgehead atoms. The Morgan fingerprint density at radius 1 is 0.607 bits per heavy atom. The number of hydrogen-bond donors (Lipinski definition) is 6. The third kappa shape index (κ3) is 40.1. The van der Waals surface area contributed by atoms with Gasteiger partial charge in [-0.1, -0.05) is 178 Å². The molecule has 0 aromatic rings. The van der Waals surface area contributed by atoms with Crippen LogP contribution in [-0.2, 0) is 32.7 Å². The van der Waals surface area contributed by atoms with Crippen LogP contribution in [0.1, 0.15) is 162 Å². The molecule has 14 heteroatoms. The van der Waals surface area contributed by atoms with Crippen molar-refractivity contribution in [1.82, 2.24) is 0 Å². The molecular formula is C47H83O13P. The molecule has 0 fully saturated rings. The second-order valence-corrected chi connectivity index (χ2v) is 17.6. The van der Waals surface area contributed by atoms with E-state index in [0.29, 0.717) is 12.8 Å². The predicted molar refractivity (Wildman–Crippen MR) is 241 cm³/mol. The summed E-state index contributed by atoms with van der Waals surface area (Å²) in [4.78, 5) is 35.1. The zero-order valence-electron chi connectivity index (χ0n) is 37.6. The molecule has 0 aromatic heterocycles. The monoisotopic (exact) mass is 887 g/mol. The Hall–Kier alpha value is -2.45. The van der Waals surface area contributed by atoms with E-state index in [1.165, 1.54) is 83.1 Å². The quantitative estimate of drug-likeness (QED) is 0.0111. The van der Waals surface area contributed by atoms with E-state index in [-0.39, 0.29) is 25.7 Å². The van der Waals surface area contributed by atoms with Crippen molar-refractivity contribution in [1.29, 1.82) is 0 Å². The molecule has 0 amide bonds. The van der Waals surface area contributed by atoms with Crippen LogP contribution in [0.4, 0.5) is 0 Å². The van der Waals surface area contributed by atoms with E-state index in [4.69, 9.17) is 19.1 Å². The van der Waals surface area contributed by atoms with Gasteiger partial charge in [0.2, 0.25) is 0 Å². The molecule has 6 N–H and O–H groups in total. The number of phosphoric ester groups is 1. The van der Waals surface area contributed by atoms with E-state index >= 15 is 0 Å². The predicted octanol–water partition coefficient (Wildman–Crippen LogP) is 9.05. The summed E-state index contributed by atoms with van der Waals surface area (Å²) in [5, 5.41) is 48.8. The van der Waals surface area contributed by atoms with Crippen LogP contribution >= 0.6 is 7.82 Å². The van der Waals surface area contributed by atoms with Gasteiger partial charge in [0.1, 0.15) is 12.7 Å². The van der Waals surface area contributed by atoms with Crippen LogP contribution in [0.15, 0.2) is 60.8 Å². The van der Waals surface area contributed by atoms with Gasteiger partial charge in [-0.25, -0.2) is 4.57 Å². The van der Waals surface area contributed by atoms with E-state index in [9.17, 15) is 39.5 Å². The van der Waals surface area contributed by atoms with Crippen molar-refractivity contribution in [3.05, 3.63) is 60.8 Å². The third-order valence-corrected chi connectivity index (χ3v) is 10.7. The van der Waals surface area contributed by atoms with Crippen molar-refractivity contribution in [3.8, 4) is 0 Å². The second-order valence-electron chi connectivity index (χ2n) is 16.1. The van der Waals surface area contributed by atoms with E-state index in [2.05, 4.69) is 18.4 Å². The zero-order chi connectivity index (χ0) is 45.4. The smallest absolute Gasteiger partial charge is 0.462 e. The minimum atomic E-state index is -4.72. The number of aliphatic hydroxyl groups is 5. The summed E-state index contributed by atoms with van der Waals surface area (Å²) >= 11 is 0. The van der Waals surface area contributed by atoms with Gasteiger partial charge in [0.05, 0.1) is 38.1 Å². The lowest BCUT2D eigenvalue weighted by Gasteiger charge is -2.20. The van der Waals surface area contributed by atoms with E-state index in [1.807, 2.05) is 19.1 Å². The second kappa shape index (κ2) is 40.3. The number of unbranched alkanes of at least 4 members (excludes halogenated alkanes) is 14. The summed E-state index contributed by atoms with van der Waals surface area (Å²) in [6, 6.07) is 0. The first-order valence-electron chi connectivity index (χ1n) is 22.9. The van der Waals surface area contributed by atoms with Crippen LogP contribution in [0.3, 0.4) is 0 Å². The number of rotatable bonds is 41. The van der Waals surface area contributed by atoms with E-state index in [0.717, 1.165) is 31.6 Å². The number of allylic oxidation sites excluding steroid dienone is 7. The van der Waals surface area contributed by atoms with Gasteiger partial charge < -0.3 is 39.9 Å². The highest BCUT2D eigenvalue weighted by atomic mass is 31.2. The first-order chi connectivity index (χ1) is 29.3. The Labute approximate surface area is 367 Å². The molecule has 0 aromatic carbocycles. The molecule has 0 rings (SSSR count). The largest absolute Gasteiger partial charge is 0.472 e. The van der Waals surface area contributed by atoms with Crippen LogP contribution in [-0.4, -0.2) is 99.3 Å². The Balaban J connectivity index is 4.56. The number of esters is 2. The number of phosphoric acid groups is 1. The van der Waals surface area contributed by atoms with Crippen molar-refractivity contribution >= 4 is 19.8 Å². The van der Waals surface area contributed by atoms with Crippen LogP contribution < -0.4 is 0 Å². The van der Waals surface area contributed by atoms with Gasteiger partial charge in [-0.05, 0) is 38.0 Å². The van der Waals surface area contributed by atoms with Crippen molar-refractivity contribution in [2.24, 2.45) is 5.92 Å². The first kappa shape index (κ1) is 58.6. The molecule has 13 nitrogen and oxygen atoms in total. The molecule has 0 saturated carbocycles. The summed E-state index contributed by atoms with van der Waals surface area (Å²) in [5.41, 5.74) is 0. The fourth-order valence-corrected chi connectivity index (χ4v) is 6.84. The first-order valence-corrected chi connectivity index (χ1v) is 24.4. The topological polar surface area (TPSA) is 210 Å². The maximum absolute atomic E-state index is 12.7. The summed E-state index contributed by atoms with van der Waals surface area (Å²) in [5.74, 6) is -0.443. The number of hydrogen-bond acceptors (Lipinski definition) is 12. The van der Waals surface area contributed by atoms with E-state index in [1.54, 1.807) is 42.5 Å². The van der Waals surface area contributed by atoms with Gasteiger partial charge in [-0.15, -0.1) is 0 Å². The number of ether oxygens (including phenoxy) is 2. The molecule has 354 valence electrons. The molecule has 6 atom stereocenters. The fraction of sp³-hybridized carbons (Fsp3) is 0.745. The molecule has 0 spiro atoms. The molecule has 0 aliphatic heterocycles. The summed E-state index contributed by atoms with van der Waals surface area (Å²) in [7, 11) is -4.72. The molecule has 0 saturated heterocycles.